The van der Waals surface area contributed by atoms with Gasteiger partial charge in [-0.3, -0.25) is 9.59 Å². The van der Waals surface area contributed by atoms with Gasteiger partial charge in [0.15, 0.2) is 0 Å². The summed E-state index contributed by atoms with van der Waals surface area (Å²) in [5.41, 5.74) is 5.84. The highest BCUT2D eigenvalue weighted by molar-refractivity contribution is 5.87. The molecule has 5 nitrogen and oxygen atoms in total. The van der Waals surface area contributed by atoms with E-state index in [2.05, 4.69) is 5.32 Å². The van der Waals surface area contributed by atoms with E-state index >= 15 is 0 Å². The number of carbonyl (C=O) groups is 2. The summed E-state index contributed by atoms with van der Waals surface area (Å²) >= 11 is 0. The van der Waals surface area contributed by atoms with Crippen molar-refractivity contribution in [2.24, 2.45) is 11.7 Å². The Morgan fingerprint density at radius 1 is 1.40 bits per heavy atom. The van der Waals surface area contributed by atoms with E-state index in [0.717, 1.165) is 0 Å². The van der Waals surface area contributed by atoms with Gasteiger partial charge in [-0.1, -0.05) is 19.1 Å². The van der Waals surface area contributed by atoms with Crippen molar-refractivity contribution < 1.29 is 14.0 Å². The number of nitriles is 1. The van der Waals surface area contributed by atoms with E-state index in [1.54, 1.807) is 6.92 Å². The first-order chi connectivity index (χ1) is 9.43. The van der Waals surface area contributed by atoms with Crippen LogP contribution in [0, 0.1) is 23.1 Å². The third kappa shape index (κ3) is 4.69. The van der Waals surface area contributed by atoms with Crippen LogP contribution in [0.15, 0.2) is 24.3 Å². The molecule has 0 saturated carbocycles. The van der Waals surface area contributed by atoms with Gasteiger partial charge >= 0.3 is 0 Å². The van der Waals surface area contributed by atoms with E-state index < -0.39 is 17.9 Å². The third-order valence-corrected chi connectivity index (χ3v) is 2.88. The Kier molecular flexibility index (Phi) is 5.66. The molecule has 2 atom stereocenters. The van der Waals surface area contributed by atoms with Crippen molar-refractivity contribution in [3.63, 3.8) is 0 Å². The monoisotopic (exact) mass is 277 g/mol. The Hall–Kier alpha value is -2.42. The number of amides is 2. The SMILES string of the molecule is C[C@H](CC#N)[C@H](NC(=O)Cc1ccc(F)cc1)C(N)=O. The maximum atomic E-state index is 12.7. The minimum Gasteiger partial charge on any atom is -0.368 e. The van der Waals surface area contributed by atoms with Crippen LogP contribution in [0.1, 0.15) is 18.9 Å². The van der Waals surface area contributed by atoms with Crippen molar-refractivity contribution in [2.75, 3.05) is 0 Å². The van der Waals surface area contributed by atoms with Gasteiger partial charge < -0.3 is 11.1 Å². The summed E-state index contributed by atoms with van der Waals surface area (Å²) in [4.78, 5) is 23.1. The van der Waals surface area contributed by atoms with Crippen molar-refractivity contribution in [3.05, 3.63) is 35.6 Å². The molecule has 1 rings (SSSR count). The number of rotatable bonds is 6. The summed E-state index contributed by atoms with van der Waals surface area (Å²) in [6.07, 6.45) is 0.133. The number of nitrogens with two attached hydrogens (primary N) is 1. The second-order valence-electron chi connectivity index (χ2n) is 4.59. The molecule has 0 aliphatic carbocycles. The van der Waals surface area contributed by atoms with E-state index in [9.17, 15) is 14.0 Å². The van der Waals surface area contributed by atoms with Crippen LogP contribution in [0.4, 0.5) is 4.39 Å². The molecule has 0 fully saturated rings. The standard InChI is InChI=1S/C14H16FN3O2/c1-9(6-7-16)13(14(17)20)18-12(19)8-10-2-4-11(15)5-3-10/h2-5,9,13H,6,8H2,1H3,(H2,17,20)(H,18,19)/t9-,13+/m1/s1. The van der Waals surface area contributed by atoms with Gasteiger partial charge in [0, 0.05) is 6.42 Å². The number of halogens is 1. The molecule has 20 heavy (non-hydrogen) atoms. The molecule has 0 spiro atoms. The van der Waals surface area contributed by atoms with E-state index in [0.29, 0.717) is 5.56 Å². The fraction of sp³-hybridized carbons (Fsp3) is 0.357. The average Bonchev–Trinajstić information content (AvgIpc) is 2.38. The van der Waals surface area contributed by atoms with E-state index in [-0.39, 0.29) is 24.6 Å². The first-order valence-corrected chi connectivity index (χ1v) is 6.14. The predicted octanol–water partition coefficient (Wildman–Crippen LogP) is 0.888. The summed E-state index contributed by atoms with van der Waals surface area (Å²) in [7, 11) is 0. The van der Waals surface area contributed by atoms with E-state index in [1.165, 1.54) is 24.3 Å². The highest BCUT2D eigenvalue weighted by atomic mass is 19.1. The molecule has 2 amide bonds. The van der Waals surface area contributed by atoms with Crippen molar-refractivity contribution in [2.45, 2.75) is 25.8 Å². The zero-order chi connectivity index (χ0) is 15.1. The van der Waals surface area contributed by atoms with Crippen molar-refractivity contribution in [1.82, 2.24) is 5.32 Å². The molecular weight excluding hydrogens is 261 g/mol. The minimum absolute atomic E-state index is 0.0172. The third-order valence-electron chi connectivity index (χ3n) is 2.88. The highest BCUT2D eigenvalue weighted by Gasteiger charge is 2.24. The second-order valence-corrected chi connectivity index (χ2v) is 4.59. The van der Waals surface area contributed by atoms with Crippen LogP contribution >= 0.6 is 0 Å². The van der Waals surface area contributed by atoms with Crippen molar-refractivity contribution >= 4 is 11.8 Å². The van der Waals surface area contributed by atoms with Gasteiger partial charge in [0.2, 0.25) is 11.8 Å². The average molecular weight is 277 g/mol. The number of nitrogens with zero attached hydrogens (tertiary/aromatic N) is 1. The number of hydrogen-bond acceptors (Lipinski definition) is 3. The lowest BCUT2D eigenvalue weighted by Gasteiger charge is -2.20. The smallest absolute Gasteiger partial charge is 0.240 e. The van der Waals surface area contributed by atoms with Gasteiger partial charge in [-0.25, -0.2) is 4.39 Å². The number of nitrogens with one attached hydrogen (secondary N) is 1. The predicted molar refractivity (Wildman–Crippen MR) is 70.6 cm³/mol. The molecule has 0 heterocycles. The normalized spacial score (nSPS) is 13.1. The number of hydrogen-bond donors (Lipinski definition) is 2. The fourth-order valence-electron chi connectivity index (χ4n) is 1.77. The fourth-order valence-corrected chi connectivity index (χ4v) is 1.77. The summed E-state index contributed by atoms with van der Waals surface area (Å²) in [6.45, 7) is 1.66. The van der Waals surface area contributed by atoms with E-state index in [4.69, 9.17) is 11.0 Å². The topological polar surface area (TPSA) is 96.0 Å². The van der Waals surface area contributed by atoms with Gasteiger partial charge in [-0.2, -0.15) is 5.26 Å². The molecular formula is C14H16FN3O2. The molecule has 0 aromatic heterocycles. The van der Waals surface area contributed by atoms with Crippen molar-refractivity contribution in [3.8, 4) is 6.07 Å². The van der Waals surface area contributed by atoms with Crippen LogP contribution in [0.3, 0.4) is 0 Å². The van der Waals surface area contributed by atoms with E-state index in [1.807, 2.05) is 6.07 Å². The molecule has 0 unspecified atom stereocenters. The number of primary amides is 1. The molecule has 106 valence electrons. The Balaban J connectivity index is 2.65. The second kappa shape index (κ2) is 7.24. The molecule has 0 aliphatic rings. The number of carbonyl (C=O) groups excluding carboxylic acids is 2. The summed E-state index contributed by atoms with van der Waals surface area (Å²) < 4.78 is 12.7. The lowest BCUT2D eigenvalue weighted by molar-refractivity contribution is -0.128. The van der Waals surface area contributed by atoms with Crippen LogP contribution in [0.2, 0.25) is 0 Å². The molecule has 0 aliphatic heterocycles. The van der Waals surface area contributed by atoms with Crippen molar-refractivity contribution in [1.29, 1.82) is 5.26 Å². The maximum absolute atomic E-state index is 12.7. The van der Waals surface area contributed by atoms with Crippen LogP contribution in [0.25, 0.3) is 0 Å². The Morgan fingerprint density at radius 3 is 2.50 bits per heavy atom. The largest absolute Gasteiger partial charge is 0.368 e. The lowest BCUT2D eigenvalue weighted by atomic mass is 9.98. The van der Waals surface area contributed by atoms with Gasteiger partial charge in [-0.05, 0) is 23.6 Å². The molecule has 1 aromatic carbocycles. The molecule has 0 saturated heterocycles. The summed E-state index contributed by atoms with van der Waals surface area (Å²) in [5, 5.41) is 11.1. The Morgan fingerprint density at radius 2 is 2.00 bits per heavy atom. The van der Waals surface area contributed by atoms with Crippen LogP contribution < -0.4 is 11.1 Å². The first-order valence-electron chi connectivity index (χ1n) is 6.14. The minimum atomic E-state index is -0.886. The zero-order valence-electron chi connectivity index (χ0n) is 11.1. The van der Waals surface area contributed by atoms with Crippen LogP contribution in [0.5, 0.6) is 0 Å². The Bertz CT molecular complexity index is 522. The highest BCUT2D eigenvalue weighted by Crippen LogP contribution is 2.08. The molecule has 3 N–H and O–H groups in total. The Labute approximate surface area is 116 Å². The van der Waals surface area contributed by atoms with Crippen LogP contribution in [-0.2, 0) is 16.0 Å². The summed E-state index contributed by atoms with van der Waals surface area (Å²) in [6, 6.07) is 6.54. The molecule has 1 aromatic rings. The lowest BCUT2D eigenvalue weighted by Crippen LogP contribution is -2.48. The number of benzene rings is 1. The van der Waals surface area contributed by atoms with Gasteiger partial charge in [0.05, 0.1) is 12.5 Å². The first kappa shape index (κ1) is 15.6. The maximum Gasteiger partial charge on any atom is 0.240 e. The molecule has 0 radical (unpaired) electrons. The molecule has 0 bridgehead atoms. The van der Waals surface area contributed by atoms with Gasteiger partial charge in [-0.15, -0.1) is 0 Å². The zero-order valence-corrected chi connectivity index (χ0v) is 11.1. The van der Waals surface area contributed by atoms with Crippen LogP contribution in [-0.4, -0.2) is 17.9 Å². The summed E-state index contributed by atoms with van der Waals surface area (Å²) in [5.74, 6) is -1.83. The quantitative estimate of drug-likeness (QED) is 0.808. The van der Waals surface area contributed by atoms with Gasteiger partial charge in [0.1, 0.15) is 11.9 Å². The van der Waals surface area contributed by atoms with Gasteiger partial charge in [0.25, 0.3) is 0 Å². The molecule has 6 heteroatoms.